The van der Waals surface area contributed by atoms with Gasteiger partial charge in [-0.2, -0.15) is 0 Å². The number of cyclic esters (lactones) is 1. The van der Waals surface area contributed by atoms with Crippen molar-refractivity contribution in [2.45, 2.75) is 12.5 Å². The maximum atomic E-state index is 11.5. The fraction of sp³-hybridized carbons (Fsp3) is 0.273. The smallest absolute Gasteiger partial charge is 0.347 e. The Morgan fingerprint density at radius 1 is 1.33 bits per heavy atom. The third-order valence-electron chi connectivity index (χ3n) is 2.15. The lowest BCUT2D eigenvalue weighted by Crippen LogP contribution is -2.22. The molecule has 0 aliphatic carbocycles. The van der Waals surface area contributed by atoms with Crippen molar-refractivity contribution in [1.29, 1.82) is 0 Å². The molecule has 1 saturated heterocycles. The minimum atomic E-state index is -0.738. The molecule has 15 heavy (non-hydrogen) atoms. The molecule has 1 aliphatic rings. The number of carbonyl (C=O) groups excluding carboxylic acids is 2. The van der Waals surface area contributed by atoms with E-state index in [0.717, 1.165) is 0 Å². The average Bonchev–Trinajstić information content (AvgIpc) is 2.66. The molecule has 78 valence electrons. The van der Waals surface area contributed by atoms with Crippen LogP contribution in [0.25, 0.3) is 0 Å². The molecule has 0 saturated carbocycles. The number of hydrogen-bond acceptors (Lipinski definition) is 4. The molecule has 1 aromatic carbocycles. The van der Waals surface area contributed by atoms with Gasteiger partial charge >= 0.3 is 11.9 Å². The first-order valence-corrected chi connectivity index (χ1v) is 4.70. The standard InChI is InChI=1S/C11H10O4/c12-10(8-4-2-1-3-5-8)15-9-6-7-14-11(9)13/h1-5,9H,6-7H2/t9-/m0/s1. The van der Waals surface area contributed by atoms with Crippen molar-refractivity contribution in [3.8, 4) is 0 Å². The zero-order valence-corrected chi connectivity index (χ0v) is 8.01. The quantitative estimate of drug-likeness (QED) is 0.681. The molecule has 1 aromatic rings. The van der Waals surface area contributed by atoms with Gasteiger partial charge in [0.25, 0.3) is 0 Å². The van der Waals surface area contributed by atoms with Gasteiger partial charge in [0.1, 0.15) is 0 Å². The summed E-state index contributed by atoms with van der Waals surface area (Å²) in [6, 6.07) is 8.57. The fourth-order valence-corrected chi connectivity index (χ4v) is 1.36. The highest BCUT2D eigenvalue weighted by molar-refractivity contribution is 5.91. The Hall–Kier alpha value is -1.84. The Balaban J connectivity index is 2.01. The maximum absolute atomic E-state index is 11.5. The number of carbonyl (C=O) groups is 2. The van der Waals surface area contributed by atoms with Gasteiger partial charge in [-0.1, -0.05) is 18.2 Å². The Morgan fingerprint density at radius 3 is 2.67 bits per heavy atom. The summed E-state index contributed by atoms with van der Waals surface area (Å²) in [6.07, 6.45) is -0.296. The molecular formula is C11H10O4. The van der Waals surface area contributed by atoms with Crippen LogP contribution in [0.1, 0.15) is 16.8 Å². The monoisotopic (exact) mass is 206 g/mol. The van der Waals surface area contributed by atoms with Crippen LogP contribution in [-0.4, -0.2) is 24.6 Å². The second-order valence-corrected chi connectivity index (χ2v) is 3.22. The second-order valence-electron chi connectivity index (χ2n) is 3.22. The first kappa shape index (κ1) is 9.71. The Kier molecular flexibility index (Phi) is 2.67. The van der Waals surface area contributed by atoms with E-state index in [1.54, 1.807) is 30.3 Å². The van der Waals surface area contributed by atoms with Crippen molar-refractivity contribution in [1.82, 2.24) is 0 Å². The van der Waals surface area contributed by atoms with Gasteiger partial charge < -0.3 is 9.47 Å². The van der Waals surface area contributed by atoms with Crippen LogP contribution >= 0.6 is 0 Å². The van der Waals surface area contributed by atoms with E-state index in [1.807, 2.05) is 0 Å². The van der Waals surface area contributed by atoms with Gasteiger partial charge in [-0.05, 0) is 12.1 Å². The summed E-state index contributed by atoms with van der Waals surface area (Å²) in [4.78, 5) is 22.6. The Morgan fingerprint density at radius 2 is 2.07 bits per heavy atom. The summed E-state index contributed by atoms with van der Waals surface area (Å²) in [6.45, 7) is 0.325. The molecule has 0 amide bonds. The maximum Gasteiger partial charge on any atom is 0.347 e. The number of rotatable bonds is 2. The summed E-state index contributed by atoms with van der Waals surface area (Å²) >= 11 is 0. The van der Waals surface area contributed by atoms with E-state index in [0.29, 0.717) is 18.6 Å². The lowest BCUT2D eigenvalue weighted by molar-refractivity contribution is -0.145. The summed E-state index contributed by atoms with van der Waals surface area (Å²) in [7, 11) is 0. The summed E-state index contributed by atoms with van der Waals surface area (Å²) < 4.78 is 9.68. The molecule has 1 atom stereocenters. The van der Waals surface area contributed by atoms with E-state index >= 15 is 0 Å². The predicted molar refractivity (Wildman–Crippen MR) is 51.2 cm³/mol. The van der Waals surface area contributed by atoms with Crippen LogP contribution in [0.2, 0.25) is 0 Å². The third kappa shape index (κ3) is 2.15. The van der Waals surface area contributed by atoms with Crippen LogP contribution in [0.15, 0.2) is 30.3 Å². The minimum Gasteiger partial charge on any atom is -0.463 e. The Labute approximate surface area is 86.8 Å². The summed E-state index contributed by atoms with van der Waals surface area (Å²) in [5, 5.41) is 0. The van der Waals surface area contributed by atoms with Crippen LogP contribution in [0.5, 0.6) is 0 Å². The molecule has 0 N–H and O–H groups in total. The molecule has 0 spiro atoms. The van der Waals surface area contributed by atoms with E-state index < -0.39 is 18.0 Å². The molecule has 2 rings (SSSR count). The van der Waals surface area contributed by atoms with Crippen molar-refractivity contribution < 1.29 is 19.1 Å². The molecular weight excluding hydrogens is 196 g/mol. The molecule has 0 bridgehead atoms. The van der Waals surface area contributed by atoms with E-state index in [-0.39, 0.29) is 0 Å². The van der Waals surface area contributed by atoms with Gasteiger partial charge in [0.15, 0.2) is 0 Å². The predicted octanol–water partition coefficient (Wildman–Crippen LogP) is 1.16. The largest absolute Gasteiger partial charge is 0.463 e. The first-order valence-electron chi connectivity index (χ1n) is 4.70. The first-order chi connectivity index (χ1) is 7.27. The van der Waals surface area contributed by atoms with Crippen LogP contribution in [0.3, 0.4) is 0 Å². The van der Waals surface area contributed by atoms with Crippen LogP contribution in [0, 0.1) is 0 Å². The van der Waals surface area contributed by atoms with Crippen molar-refractivity contribution in [2.75, 3.05) is 6.61 Å². The van der Waals surface area contributed by atoms with Crippen molar-refractivity contribution >= 4 is 11.9 Å². The molecule has 0 unspecified atom stereocenters. The van der Waals surface area contributed by atoms with Gasteiger partial charge in [-0.3, -0.25) is 0 Å². The average molecular weight is 206 g/mol. The number of esters is 2. The van der Waals surface area contributed by atoms with E-state index in [1.165, 1.54) is 0 Å². The van der Waals surface area contributed by atoms with Crippen molar-refractivity contribution in [3.05, 3.63) is 35.9 Å². The zero-order valence-electron chi connectivity index (χ0n) is 8.01. The van der Waals surface area contributed by atoms with Crippen molar-refractivity contribution in [3.63, 3.8) is 0 Å². The molecule has 4 heteroatoms. The molecule has 1 fully saturated rings. The molecule has 1 aliphatic heterocycles. The Bertz CT molecular complexity index is 371. The highest BCUT2D eigenvalue weighted by Crippen LogP contribution is 2.12. The highest BCUT2D eigenvalue weighted by Gasteiger charge is 2.30. The summed E-state index contributed by atoms with van der Waals surface area (Å²) in [5.41, 5.74) is 0.442. The summed E-state index contributed by atoms with van der Waals surface area (Å²) in [5.74, 6) is -0.946. The van der Waals surface area contributed by atoms with Gasteiger partial charge in [-0.25, -0.2) is 9.59 Å². The normalized spacial score (nSPS) is 19.7. The lowest BCUT2D eigenvalue weighted by atomic mass is 10.2. The number of ether oxygens (including phenoxy) is 2. The van der Waals surface area contributed by atoms with Gasteiger partial charge in [-0.15, -0.1) is 0 Å². The molecule has 1 heterocycles. The van der Waals surface area contributed by atoms with Gasteiger partial charge in [0.05, 0.1) is 12.2 Å². The molecule has 0 aromatic heterocycles. The SMILES string of the molecule is O=C(O[C@H]1CCOC1=O)c1ccccc1. The fourth-order valence-electron chi connectivity index (χ4n) is 1.36. The lowest BCUT2D eigenvalue weighted by Gasteiger charge is -2.07. The zero-order chi connectivity index (χ0) is 10.7. The minimum absolute atomic E-state index is 0.325. The van der Waals surface area contributed by atoms with E-state index in [9.17, 15) is 9.59 Å². The second kappa shape index (κ2) is 4.13. The van der Waals surface area contributed by atoms with E-state index in [2.05, 4.69) is 4.74 Å². The molecule has 4 nitrogen and oxygen atoms in total. The van der Waals surface area contributed by atoms with Crippen LogP contribution in [-0.2, 0) is 14.3 Å². The third-order valence-corrected chi connectivity index (χ3v) is 2.15. The van der Waals surface area contributed by atoms with E-state index in [4.69, 9.17) is 4.74 Å². The van der Waals surface area contributed by atoms with Gasteiger partial charge in [0, 0.05) is 6.42 Å². The van der Waals surface area contributed by atoms with Gasteiger partial charge in [0.2, 0.25) is 6.10 Å². The topological polar surface area (TPSA) is 52.6 Å². The van der Waals surface area contributed by atoms with Crippen molar-refractivity contribution in [2.24, 2.45) is 0 Å². The highest BCUT2D eigenvalue weighted by atomic mass is 16.6. The van der Waals surface area contributed by atoms with Crippen LogP contribution in [0.4, 0.5) is 0 Å². The molecule has 0 radical (unpaired) electrons. The van der Waals surface area contributed by atoms with Crippen LogP contribution < -0.4 is 0 Å². The number of hydrogen-bond donors (Lipinski definition) is 0. The number of benzene rings is 1.